The van der Waals surface area contributed by atoms with Gasteiger partial charge in [-0.2, -0.15) is 0 Å². The summed E-state index contributed by atoms with van der Waals surface area (Å²) in [4.78, 5) is 0. The summed E-state index contributed by atoms with van der Waals surface area (Å²) < 4.78 is 11.6. The van der Waals surface area contributed by atoms with Gasteiger partial charge in [0.2, 0.25) is 0 Å². The van der Waals surface area contributed by atoms with Gasteiger partial charge in [-0.25, -0.2) is 0 Å². The van der Waals surface area contributed by atoms with Gasteiger partial charge in [0.15, 0.2) is 6.29 Å². The van der Waals surface area contributed by atoms with Gasteiger partial charge in [0, 0.05) is 0 Å². The number of benzene rings is 1. The van der Waals surface area contributed by atoms with Crippen LogP contribution in [-0.2, 0) is 9.47 Å². The Morgan fingerprint density at radius 3 is 2.68 bits per heavy atom. The minimum atomic E-state index is -0.146. The number of unbranched alkanes of at least 4 members (excludes halogenated alkanes) is 2. The molecule has 0 N–H and O–H groups in total. The van der Waals surface area contributed by atoms with Crippen LogP contribution in [0.25, 0.3) is 6.08 Å². The normalized spacial score (nSPS) is 23.8. The van der Waals surface area contributed by atoms with Crippen LogP contribution in [0.2, 0.25) is 0 Å². The third kappa shape index (κ3) is 4.48. The number of ether oxygens (including phenoxy) is 2. The van der Waals surface area contributed by atoms with Crippen LogP contribution < -0.4 is 0 Å². The fraction of sp³-hybridized carbons (Fsp3) is 0.529. The second-order valence-electron chi connectivity index (χ2n) is 5.20. The zero-order valence-electron chi connectivity index (χ0n) is 12.0. The molecule has 2 nitrogen and oxygen atoms in total. The van der Waals surface area contributed by atoms with E-state index in [1.165, 1.54) is 30.4 Å². The molecule has 1 aromatic carbocycles. The molecule has 0 radical (unpaired) electrons. The number of hydrogen-bond donors (Lipinski definition) is 0. The third-order valence-electron chi connectivity index (χ3n) is 3.36. The minimum Gasteiger partial charge on any atom is -0.346 e. The summed E-state index contributed by atoms with van der Waals surface area (Å²) in [7, 11) is 0. The lowest BCUT2D eigenvalue weighted by molar-refractivity contribution is -0.0267. The molecule has 19 heavy (non-hydrogen) atoms. The molecular formula is C17H24O2. The first-order valence-electron chi connectivity index (χ1n) is 7.32. The monoisotopic (exact) mass is 260 g/mol. The maximum Gasteiger partial charge on any atom is 0.180 e. The number of rotatable bonds is 6. The first kappa shape index (κ1) is 14.3. The van der Waals surface area contributed by atoms with E-state index in [2.05, 4.69) is 44.2 Å². The molecule has 0 aromatic heterocycles. The van der Waals surface area contributed by atoms with Crippen molar-refractivity contribution in [2.45, 2.75) is 51.9 Å². The van der Waals surface area contributed by atoms with E-state index in [0.717, 1.165) is 6.42 Å². The highest BCUT2D eigenvalue weighted by Crippen LogP contribution is 2.25. The van der Waals surface area contributed by atoms with Gasteiger partial charge in [-0.05, 0) is 30.9 Å². The Morgan fingerprint density at radius 1 is 1.26 bits per heavy atom. The summed E-state index contributed by atoms with van der Waals surface area (Å²) in [5.41, 5.74) is 2.49. The van der Waals surface area contributed by atoms with Gasteiger partial charge in [0.25, 0.3) is 0 Å². The Balaban J connectivity index is 2.07. The van der Waals surface area contributed by atoms with E-state index in [0.29, 0.717) is 6.61 Å². The quantitative estimate of drug-likeness (QED) is 0.705. The van der Waals surface area contributed by atoms with Gasteiger partial charge in [0.05, 0.1) is 12.7 Å². The van der Waals surface area contributed by atoms with Crippen molar-refractivity contribution in [3.05, 3.63) is 41.5 Å². The van der Waals surface area contributed by atoms with Crippen molar-refractivity contribution < 1.29 is 9.47 Å². The van der Waals surface area contributed by atoms with E-state index in [9.17, 15) is 0 Å². The summed E-state index contributed by atoms with van der Waals surface area (Å²) >= 11 is 0. The highest BCUT2D eigenvalue weighted by Gasteiger charge is 2.25. The first-order valence-corrected chi connectivity index (χ1v) is 7.32. The molecule has 1 heterocycles. The molecule has 0 saturated carbocycles. The Hall–Kier alpha value is -1.12. The average molecular weight is 260 g/mol. The molecule has 104 valence electrons. The smallest absolute Gasteiger partial charge is 0.180 e. The van der Waals surface area contributed by atoms with Crippen molar-refractivity contribution in [2.75, 3.05) is 6.61 Å². The van der Waals surface area contributed by atoms with E-state index >= 15 is 0 Å². The third-order valence-corrected chi connectivity index (χ3v) is 3.36. The van der Waals surface area contributed by atoms with E-state index in [-0.39, 0.29) is 12.4 Å². The summed E-state index contributed by atoms with van der Waals surface area (Å²) in [6.45, 7) is 4.99. The molecule has 1 fully saturated rings. The van der Waals surface area contributed by atoms with Gasteiger partial charge in [-0.1, -0.05) is 56.2 Å². The highest BCUT2D eigenvalue weighted by atomic mass is 16.7. The molecule has 2 rings (SSSR count). The molecule has 1 aromatic rings. The fourth-order valence-corrected chi connectivity index (χ4v) is 2.31. The Morgan fingerprint density at radius 2 is 2.05 bits per heavy atom. The van der Waals surface area contributed by atoms with Crippen LogP contribution in [-0.4, -0.2) is 19.0 Å². The SMILES string of the molecule is CCCCC/C(=C/c1ccccc1)[C@H]1OC[C@H](C)O1. The minimum absolute atomic E-state index is 0.146. The molecule has 2 atom stereocenters. The van der Waals surface area contributed by atoms with Gasteiger partial charge < -0.3 is 9.47 Å². The second kappa shape index (κ2) is 7.46. The summed E-state index contributed by atoms with van der Waals surface area (Å²) in [6.07, 6.45) is 7.03. The second-order valence-corrected chi connectivity index (χ2v) is 5.20. The summed E-state index contributed by atoms with van der Waals surface area (Å²) in [6, 6.07) is 10.4. The van der Waals surface area contributed by atoms with Crippen molar-refractivity contribution >= 4 is 6.08 Å². The van der Waals surface area contributed by atoms with Crippen molar-refractivity contribution in [3.8, 4) is 0 Å². The maximum atomic E-state index is 5.84. The molecule has 2 heteroatoms. The van der Waals surface area contributed by atoms with Gasteiger partial charge in [-0.15, -0.1) is 0 Å². The summed E-state index contributed by atoms with van der Waals surface area (Å²) in [5.74, 6) is 0. The predicted molar refractivity (Wildman–Crippen MR) is 78.8 cm³/mol. The molecule has 0 bridgehead atoms. The van der Waals surface area contributed by atoms with Crippen LogP contribution in [0.3, 0.4) is 0 Å². The lowest BCUT2D eigenvalue weighted by atomic mass is 10.0. The molecule has 1 aliphatic heterocycles. The Labute approximate surface area is 116 Å². The summed E-state index contributed by atoms with van der Waals surface area (Å²) in [5, 5.41) is 0. The Bertz CT molecular complexity index is 397. The maximum absolute atomic E-state index is 5.84. The van der Waals surface area contributed by atoms with Gasteiger partial charge in [0.1, 0.15) is 0 Å². The molecule has 1 saturated heterocycles. The topological polar surface area (TPSA) is 18.5 Å². The van der Waals surface area contributed by atoms with Crippen molar-refractivity contribution in [1.82, 2.24) is 0 Å². The lowest BCUT2D eigenvalue weighted by Crippen LogP contribution is -2.13. The fourth-order valence-electron chi connectivity index (χ4n) is 2.31. The Kier molecular flexibility index (Phi) is 5.62. The zero-order chi connectivity index (χ0) is 13.5. The van der Waals surface area contributed by atoms with Crippen molar-refractivity contribution in [3.63, 3.8) is 0 Å². The standard InChI is InChI=1S/C17H24O2/c1-3-4-6-11-16(17-18-13-14(2)19-17)12-15-9-7-5-8-10-15/h5,7-10,12,14,17H,3-4,6,11,13H2,1-2H3/b16-12-/t14-,17-/m0/s1. The van der Waals surface area contributed by atoms with E-state index < -0.39 is 0 Å². The van der Waals surface area contributed by atoms with E-state index in [4.69, 9.17) is 9.47 Å². The molecule has 0 spiro atoms. The average Bonchev–Trinajstić information content (AvgIpc) is 2.86. The van der Waals surface area contributed by atoms with Crippen LogP contribution in [0, 0.1) is 0 Å². The van der Waals surface area contributed by atoms with Gasteiger partial charge in [-0.3, -0.25) is 0 Å². The zero-order valence-corrected chi connectivity index (χ0v) is 12.0. The molecular weight excluding hydrogens is 236 g/mol. The first-order chi connectivity index (χ1) is 9.29. The van der Waals surface area contributed by atoms with Crippen LogP contribution in [0.15, 0.2) is 35.9 Å². The highest BCUT2D eigenvalue weighted by molar-refractivity contribution is 5.53. The van der Waals surface area contributed by atoms with E-state index in [1.54, 1.807) is 0 Å². The van der Waals surface area contributed by atoms with Crippen LogP contribution >= 0.6 is 0 Å². The molecule has 0 unspecified atom stereocenters. The molecule has 0 amide bonds. The predicted octanol–water partition coefficient (Wildman–Crippen LogP) is 4.41. The van der Waals surface area contributed by atoms with E-state index in [1.807, 2.05) is 6.07 Å². The lowest BCUT2D eigenvalue weighted by Gasteiger charge is -2.15. The number of hydrogen-bond acceptors (Lipinski definition) is 2. The molecule has 1 aliphatic rings. The van der Waals surface area contributed by atoms with Crippen LogP contribution in [0.4, 0.5) is 0 Å². The largest absolute Gasteiger partial charge is 0.346 e. The van der Waals surface area contributed by atoms with Crippen molar-refractivity contribution in [1.29, 1.82) is 0 Å². The molecule has 0 aliphatic carbocycles. The van der Waals surface area contributed by atoms with Crippen LogP contribution in [0.5, 0.6) is 0 Å². The van der Waals surface area contributed by atoms with Crippen LogP contribution in [0.1, 0.15) is 45.1 Å². The van der Waals surface area contributed by atoms with Gasteiger partial charge >= 0.3 is 0 Å². The van der Waals surface area contributed by atoms with Crippen molar-refractivity contribution in [2.24, 2.45) is 0 Å².